The Hall–Kier alpha value is -2.26. The van der Waals surface area contributed by atoms with Gasteiger partial charge in [0.15, 0.2) is 0 Å². The molecule has 1 aliphatic carbocycles. The van der Waals surface area contributed by atoms with Gasteiger partial charge >= 0.3 is 0 Å². The topological polar surface area (TPSA) is 30.5 Å². The van der Waals surface area contributed by atoms with E-state index in [1.807, 2.05) is 0 Å². The molecule has 1 N–H and O–H groups in total. The van der Waals surface area contributed by atoms with Gasteiger partial charge in [-0.25, -0.2) is 0 Å². The van der Waals surface area contributed by atoms with Gasteiger partial charge in [0.1, 0.15) is 5.76 Å². The van der Waals surface area contributed by atoms with Gasteiger partial charge in [-0.2, -0.15) is 0 Å². The van der Waals surface area contributed by atoms with Crippen LogP contribution in [0, 0.1) is 0 Å². The highest BCUT2D eigenvalue weighted by molar-refractivity contribution is 5.87. The van der Waals surface area contributed by atoms with Crippen LogP contribution in [0.4, 0.5) is 5.69 Å². The van der Waals surface area contributed by atoms with Crippen molar-refractivity contribution in [1.29, 1.82) is 0 Å². The molecule has 0 bridgehead atoms. The quantitative estimate of drug-likeness (QED) is 0.560. The zero-order chi connectivity index (χ0) is 20.1. The van der Waals surface area contributed by atoms with E-state index in [9.17, 15) is 0 Å². The molecule has 3 rings (SSSR count). The van der Waals surface area contributed by atoms with Crippen molar-refractivity contribution in [1.82, 2.24) is 0 Å². The van der Waals surface area contributed by atoms with Crippen LogP contribution in [0.5, 0.6) is 0 Å². The first-order valence-corrected chi connectivity index (χ1v) is 10.3. The summed E-state index contributed by atoms with van der Waals surface area (Å²) in [5.41, 5.74) is 5.88. The van der Waals surface area contributed by atoms with Crippen LogP contribution in [-0.4, -0.2) is 25.4 Å². The van der Waals surface area contributed by atoms with Crippen LogP contribution < -0.4 is 5.32 Å². The minimum absolute atomic E-state index is 0.0228. The Morgan fingerprint density at radius 2 is 2.07 bits per heavy atom. The molecule has 0 radical (unpaired) electrons. The van der Waals surface area contributed by atoms with Gasteiger partial charge in [-0.3, -0.25) is 0 Å². The summed E-state index contributed by atoms with van der Waals surface area (Å²) < 4.78 is 11.8. The van der Waals surface area contributed by atoms with E-state index in [0.29, 0.717) is 6.61 Å². The third-order valence-corrected chi connectivity index (χ3v) is 5.27. The van der Waals surface area contributed by atoms with E-state index in [1.54, 1.807) is 7.11 Å². The second-order valence-electron chi connectivity index (χ2n) is 8.04. The van der Waals surface area contributed by atoms with Crippen molar-refractivity contribution in [2.24, 2.45) is 0 Å². The molecule has 0 amide bonds. The van der Waals surface area contributed by atoms with Crippen molar-refractivity contribution in [3.63, 3.8) is 0 Å². The Morgan fingerprint density at radius 3 is 2.82 bits per heavy atom. The summed E-state index contributed by atoms with van der Waals surface area (Å²) in [6.07, 6.45) is 14.0. The van der Waals surface area contributed by atoms with Gasteiger partial charge in [0.25, 0.3) is 0 Å². The minimum Gasteiger partial charge on any atom is -0.500 e. The van der Waals surface area contributed by atoms with Crippen molar-refractivity contribution in [2.75, 3.05) is 19.0 Å². The number of fused-ring (bicyclic) bond motifs is 1. The summed E-state index contributed by atoms with van der Waals surface area (Å²) >= 11 is 0. The summed E-state index contributed by atoms with van der Waals surface area (Å²) in [4.78, 5) is 0. The highest BCUT2D eigenvalue weighted by atomic mass is 16.5. The summed E-state index contributed by atoms with van der Waals surface area (Å²) in [5, 5.41) is 3.64. The van der Waals surface area contributed by atoms with Crippen molar-refractivity contribution in [3.05, 3.63) is 65.5 Å². The van der Waals surface area contributed by atoms with Gasteiger partial charge in [-0.15, -0.1) is 0 Å². The summed E-state index contributed by atoms with van der Waals surface area (Å²) in [5.74, 6) is 1.06. The van der Waals surface area contributed by atoms with Crippen LogP contribution in [0.25, 0.3) is 11.1 Å². The molecule has 1 aromatic carbocycles. The molecular weight excluding hydrogens is 346 g/mol. The van der Waals surface area contributed by atoms with E-state index in [-0.39, 0.29) is 11.6 Å². The average Bonchev–Trinajstić information content (AvgIpc) is 2.69. The lowest BCUT2D eigenvalue weighted by Gasteiger charge is -2.34. The van der Waals surface area contributed by atoms with Crippen LogP contribution in [0.3, 0.4) is 0 Å². The normalized spacial score (nSPS) is 19.2. The van der Waals surface area contributed by atoms with Crippen molar-refractivity contribution in [2.45, 2.75) is 58.6 Å². The van der Waals surface area contributed by atoms with Gasteiger partial charge in [0, 0.05) is 23.2 Å². The number of methoxy groups -OCH3 is 1. The van der Waals surface area contributed by atoms with Gasteiger partial charge in [0.05, 0.1) is 25.4 Å². The highest BCUT2D eigenvalue weighted by Gasteiger charge is 2.28. The van der Waals surface area contributed by atoms with E-state index >= 15 is 0 Å². The fourth-order valence-corrected chi connectivity index (χ4v) is 3.88. The fourth-order valence-electron chi connectivity index (χ4n) is 3.88. The molecule has 1 aromatic rings. The summed E-state index contributed by atoms with van der Waals surface area (Å²) in [6, 6.07) is 6.64. The Morgan fingerprint density at radius 1 is 1.25 bits per heavy atom. The zero-order valence-electron chi connectivity index (χ0n) is 17.8. The van der Waals surface area contributed by atoms with Crippen molar-refractivity contribution in [3.8, 4) is 0 Å². The molecule has 0 saturated carbocycles. The molecule has 1 aliphatic heterocycles. The maximum Gasteiger partial charge on any atom is 0.104 e. The number of hydrogen-bond donors (Lipinski definition) is 1. The average molecular weight is 380 g/mol. The smallest absolute Gasteiger partial charge is 0.104 e. The van der Waals surface area contributed by atoms with E-state index in [0.717, 1.165) is 30.7 Å². The van der Waals surface area contributed by atoms with Gasteiger partial charge in [0.2, 0.25) is 0 Å². The standard InChI is InChI=1S/C25H33NO2/c1-6-7-10-15-28-18(2)22-17-25(3,4)26-23-14-13-19(16-21(22)23)20-11-8-9-12-24(20)27-5/h7-8,10-11,13-14,16-18,26H,6,9,12,15H2,1-5H3/b10-7+. The monoisotopic (exact) mass is 379 g/mol. The minimum atomic E-state index is -0.109. The number of ether oxygens (including phenoxy) is 2. The predicted molar refractivity (Wildman–Crippen MR) is 119 cm³/mol. The highest BCUT2D eigenvalue weighted by Crippen LogP contribution is 2.39. The molecule has 2 aliphatic rings. The van der Waals surface area contributed by atoms with Gasteiger partial charge in [-0.1, -0.05) is 43.4 Å². The molecule has 28 heavy (non-hydrogen) atoms. The maximum absolute atomic E-state index is 6.13. The zero-order valence-corrected chi connectivity index (χ0v) is 17.8. The predicted octanol–water partition coefficient (Wildman–Crippen LogP) is 6.35. The lowest BCUT2D eigenvalue weighted by Crippen LogP contribution is -2.33. The van der Waals surface area contributed by atoms with Crippen LogP contribution >= 0.6 is 0 Å². The van der Waals surface area contributed by atoms with Gasteiger partial charge in [-0.05, 0) is 56.9 Å². The molecule has 0 spiro atoms. The molecule has 3 heteroatoms. The Bertz CT molecular complexity index is 827. The fraction of sp³-hybridized carbons (Fsp3) is 0.440. The summed E-state index contributed by atoms with van der Waals surface area (Å²) in [7, 11) is 1.77. The van der Waals surface area contributed by atoms with Crippen LogP contribution in [0.15, 0.2) is 54.3 Å². The third kappa shape index (κ3) is 4.59. The number of benzene rings is 1. The Kier molecular flexibility index (Phi) is 6.46. The van der Waals surface area contributed by atoms with E-state index in [1.165, 1.54) is 22.3 Å². The second-order valence-corrected chi connectivity index (χ2v) is 8.04. The largest absolute Gasteiger partial charge is 0.500 e. The van der Waals surface area contributed by atoms with Crippen LogP contribution in [-0.2, 0) is 9.47 Å². The molecule has 1 unspecified atom stereocenters. The van der Waals surface area contributed by atoms with Gasteiger partial charge < -0.3 is 14.8 Å². The Labute approximate surface area is 169 Å². The number of hydrogen-bond acceptors (Lipinski definition) is 3. The first kappa shape index (κ1) is 20.5. The first-order valence-electron chi connectivity index (χ1n) is 10.3. The second kappa shape index (κ2) is 8.83. The molecule has 1 heterocycles. The maximum atomic E-state index is 6.13. The number of allylic oxidation sites excluding steroid dienone is 5. The molecular formula is C25H33NO2. The molecule has 0 saturated heterocycles. The SMILES string of the molecule is CC/C=C/COC(C)C1=CC(C)(C)Nc2ccc(C3=C(OC)CCC=C3)cc21. The van der Waals surface area contributed by atoms with E-state index < -0.39 is 0 Å². The first-order chi connectivity index (χ1) is 13.4. The Balaban J connectivity index is 1.96. The van der Waals surface area contributed by atoms with Crippen molar-refractivity contribution < 1.29 is 9.47 Å². The summed E-state index contributed by atoms with van der Waals surface area (Å²) in [6.45, 7) is 9.31. The number of anilines is 1. The molecule has 3 nitrogen and oxygen atoms in total. The van der Waals surface area contributed by atoms with E-state index in [4.69, 9.17) is 9.47 Å². The third-order valence-electron chi connectivity index (χ3n) is 5.27. The van der Waals surface area contributed by atoms with Crippen LogP contribution in [0.1, 0.15) is 58.1 Å². The number of nitrogens with one attached hydrogen (secondary N) is 1. The van der Waals surface area contributed by atoms with E-state index in [2.05, 4.69) is 81.6 Å². The molecule has 150 valence electrons. The molecule has 1 atom stereocenters. The molecule has 0 fully saturated rings. The van der Waals surface area contributed by atoms with Crippen LogP contribution in [0.2, 0.25) is 0 Å². The lowest BCUT2D eigenvalue weighted by atomic mass is 9.86. The lowest BCUT2D eigenvalue weighted by molar-refractivity contribution is 0.129. The molecule has 0 aromatic heterocycles. The number of rotatable bonds is 7. The van der Waals surface area contributed by atoms with Crippen molar-refractivity contribution >= 4 is 16.8 Å².